The third kappa shape index (κ3) is 4.57. The standard InChI is InChI=1S/C28H24ClF3N2O2S/c1-28(16-5-10-20(29)24(14-16)36-2)13-3-4-22-26(28)34(18-8-6-17(30)7-9-18)27(33-22)37-15-19-21(31)11-12-23(35)25(19)32/h5-12,14,35H,3-4,13,15H2,1-2H3. The van der Waals surface area contributed by atoms with Gasteiger partial charge < -0.3 is 9.84 Å². The molecule has 1 aliphatic rings. The van der Waals surface area contributed by atoms with Gasteiger partial charge in [-0.1, -0.05) is 29.4 Å². The number of hydrogen-bond donors (Lipinski definition) is 1. The SMILES string of the molecule is COc1cc(C2(C)CCCc3nc(SCc4c(F)ccc(O)c4F)n(-c4ccc(F)cc4)c32)ccc1Cl. The van der Waals surface area contributed by atoms with Gasteiger partial charge in [-0.05, 0) is 80.3 Å². The van der Waals surface area contributed by atoms with Gasteiger partial charge in [0.05, 0.1) is 23.5 Å². The topological polar surface area (TPSA) is 47.3 Å². The maximum atomic E-state index is 14.5. The van der Waals surface area contributed by atoms with Crippen molar-refractivity contribution in [3.63, 3.8) is 0 Å². The minimum absolute atomic E-state index is 0.0887. The van der Waals surface area contributed by atoms with Gasteiger partial charge in [0.15, 0.2) is 16.7 Å². The summed E-state index contributed by atoms with van der Waals surface area (Å²) in [6.07, 6.45) is 2.43. The van der Waals surface area contributed by atoms with Crippen LogP contribution in [0.1, 0.15) is 42.3 Å². The van der Waals surface area contributed by atoms with Crippen LogP contribution in [-0.2, 0) is 17.6 Å². The summed E-state index contributed by atoms with van der Waals surface area (Å²) < 4.78 is 50.2. The molecule has 0 bridgehead atoms. The lowest BCUT2D eigenvalue weighted by atomic mass is 9.71. The Labute approximate surface area is 222 Å². The Morgan fingerprint density at radius 3 is 2.59 bits per heavy atom. The van der Waals surface area contributed by atoms with Gasteiger partial charge in [-0.2, -0.15) is 0 Å². The molecule has 3 aromatic carbocycles. The molecule has 0 fully saturated rings. The summed E-state index contributed by atoms with van der Waals surface area (Å²) in [6.45, 7) is 2.12. The monoisotopic (exact) mass is 544 g/mol. The zero-order chi connectivity index (χ0) is 26.3. The van der Waals surface area contributed by atoms with Crippen LogP contribution in [0.3, 0.4) is 0 Å². The number of phenolic OH excluding ortho intramolecular Hbond substituents is 1. The average Bonchev–Trinajstić information content (AvgIpc) is 3.27. The predicted molar refractivity (Wildman–Crippen MR) is 139 cm³/mol. The number of aromatic hydroxyl groups is 1. The van der Waals surface area contributed by atoms with E-state index in [0.717, 1.165) is 60.1 Å². The zero-order valence-corrected chi connectivity index (χ0v) is 21.8. The van der Waals surface area contributed by atoms with Gasteiger partial charge >= 0.3 is 0 Å². The summed E-state index contributed by atoms with van der Waals surface area (Å²) in [7, 11) is 1.57. The Hall–Kier alpha value is -3.10. The molecule has 9 heteroatoms. The van der Waals surface area contributed by atoms with Crippen LogP contribution in [-0.4, -0.2) is 21.8 Å². The molecule has 1 unspecified atom stereocenters. The Morgan fingerprint density at radius 2 is 1.86 bits per heavy atom. The summed E-state index contributed by atoms with van der Waals surface area (Å²) in [5.41, 5.74) is 2.73. The van der Waals surface area contributed by atoms with E-state index in [-0.39, 0.29) is 17.1 Å². The van der Waals surface area contributed by atoms with Crippen molar-refractivity contribution in [1.82, 2.24) is 9.55 Å². The maximum absolute atomic E-state index is 14.5. The number of halogens is 4. The first-order valence-electron chi connectivity index (χ1n) is 11.7. The molecular formula is C28H24ClF3N2O2S. The Kier molecular flexibility index (Phi) is 6.89. The quantitative estimate of drug-likeness (QED) is 0.254. The van der Waals surface area contributed by atoms with Crippen LogP contribution in [0.15, 0.2) is 59.8 Å². The van der Waals surface area contributed by atoms with Crippen molar-refractivity contribution in [1.29, 1.82) is 0 Å². The average molecular weight is 545 g/mol. The Morgan fingerprint density at radius 1 is 1.11 bits per heavy atom. The van der Waals surface area contributed by atoms with Crippen molar-refractivity contribution < 1.29 is 23.0 Å². The summed E-state index contributed by atoms with van der Waals surface area (Å²) >= 11 is 7.46. The van der Waals surface area contributed by atoms with Crippen LogP contribution in [0.25, 0.3) is 5.69 Å². The van der Waals surface area contributed by atoms with Crippen LogP contribution < -0.4 is 4.74 Å². The predicted octanol–water partition coefficient (Wildman–Crippen LogP) is 7.59. The van der Waals surface area contributed by atoms with E-state index in [2.05, 4.69) is 6.92 Å². The number of aryl methyl sites for hydroxylation is 1. The molecule has 1 heterocycles. The summed E-state index contributed by atoms with van der Waals surface area (Å²) in [5, 5.41) is 10.8. The molecule has 0 spiro atoms. The first kappa shape index (κ1) is 25.5. The Bertz CT molecular complexity index is 1480. The number of benzene rings is 3. The first-order chi connectivity index (χ1) is 17.7. The van der Waals surface area contributed by atoms with E-state index in [4.69, 9.17) is 21.3 Å². The van der Waals surface area contributed by atoms with Gasteiger partial charge in [0, 0.05) is 22.4 Å². The second-order valence-corrected chi connectivity index (χ2v) is 10.5. The molecule has 1 aliphatic carbocycles. The molecule has 0 saturated carbocycles. The van der Waals surface area contributed by atoms with Crippen molar-refractivity contribution in [2.75, 3.05) is 7.11 Å². The lowest BCUT2D eigenvalue weighted by molar-refractivity contribution is 0.407. The lowest BCUT2D eigenvalue weighted by Crippen LogP contribution is -2.31. The van der Waals surface area contributed by atoms with E-state index in [0.29, 0.717) is 21.6 Å². The number of phenols is 1. The number of rotatable bonds is 6. The highest BCUT2D eigenvalue weighted by atomic mass is 35.5. The molecule has 37 heavy (non-hydrogen) atoms. The van der Waals surface area contributed by atoms with Gasteiger partial charge in [-0.25, -0.2) is 18.2 Å². The molecule has 4 aromatic rings. The smallest absolute Gasteiger partial charge is 0.173 e. The molecule has 1 N–H and O–H groups in total. The number of nitrogens with zero attached hydrogens (tertiary/aromatic N) is 2. The van der Waals surface area contributed by atoms with E-state index in [1.54, 1.807) is 25.3 Å². The fraction of sp³-hybridized carbons (Fsp3) is 0.250. The summed E-state index contributed by atoms with van der Waals surface area (Å²) in [6, 6.07) is 13.8. The van der Waals surface area contributed by atoms with E-state index in [1.807, 2.05) is 16.7 Å². The highest BCUT2D eigenvalue weighted by molar-refractivity contribution is 7.98. The molecule has 1 atom stereocenters. The number of ether oxygens (including phenoxy) is 1. The molecule has 0 amide bonds. The van der Waals surface area contributed by atoms with Crippen molar-refractivity contribution >= 4 is 23.4 Å². The normalized spacial score (nSPS) is 17.0. The molecule has 0 aliphatic heterocycles. The second-order valence-electron chi connectivity index (χ2n) is 9.18. The highest BCUT2D eigenvalue weighted by Gasteiger charge is 2.40. The number of aromatic nitrogens is 2. The van der Waals surface area contributed by atoms with Crippen LogP contribution >= 0.6 is 23.4 Å². The van der Waals surface area contributed by atoms with Gasteiger partial charge in [-0.3, -0.25) is 4.57 Å². The van der Waals surface area contributed by atoms with Crippen molar-refractivity contribution in [3.8, 4) is 17.2 Å². The summed E-state index contributed by atoms with van der Waals surface area (Å²) in [5.74, 6) is -2.25. The van der Waals surface area contributed by atoms with E-state index in [1.165, 1.54) is 12.1 Å². The van der Waals surface area contributed by atoms with Crippen LogP contribution in [0.2, 0.25) is 5.02 Å². The molecule has 4 nitrogen and oxygen atoms in total. The van der Waals surface area contributed by atoms with E-state index >= 15 is 0 Å². The minimum atomic E-state index is -0.991. The molecule has 0 saturated heterocycles. The fourth-order valence-electron chi connectivity index (χ4n) is 4.98. The number of thioether (sulfide) groups is 1. The largest absolute Gasteiger partial charge is 0.505 e. The second kappa shape index (κ2) is 9.99. The minimum Gasteiger partial charge on any atom is -0.505 e. The highest BCUT2D eigenvalue weighted by Crippen LogP contribution is 2.47. The van der Waals surface area contributed by atoms with Crippen molar-refractivity contribution in [3.05, 3.63) is 99.6 Å². The molecule has 5 rings (SSSR count). The molecule has 0 radical (unpaired) electrons. The number of fused-ring (bicyclic) bond motifs is 1. The van der Waals surface area contributed by atoms with Gasteiger partial charge in [0.1, 0.15) is 17.4 Å². The van der Waals surface area contributed by atoms with Crippen LogP contribution in [0.5, 0.6) is 11.5 Å². The third-order valence-electron chi connectivity index (χ3n) is 6.92. The van der Waals surface area contributed by atoms with Gasteiger partial charge in [0.2, 0.25) is 0 Å². The Balaban J connectivity index is 1.66. The fourth-order valence-corrected chi connectivity index (χ4v) is 6.21. The number of imidazole rings is 1. The third-order valence-corrected chi connectivity index (χ3v) is 8.19. The molecule has 192 valence electrons. The molecular weight excluding hydrogens is 521 g/mol. The van der Waals surface area contributed by atoms with E-state index < -0.39 is 22.8 Å². The van der Waals surface area contributed by atoms with E-state index in [9.17, 15) is 18.3 Å². The first-order valence-corrected chi connectivity index (χ1v) is 13.1. The molecule has 1 aromatic heterocycles. The van der Waals surface area contributed by atoms with Gasteiger partial charge in [-0.15, -0.1) is 0 Å². The maximum Gasteiger partial charge on any atom is 0.173 e. The van der Waals surface area contributed by atoms with Crippen molar-refractivity contribution in [2.45, 2.75) is 42.5 Å². The number of methoxy groups -OCH3 is 1. The van der Waals surface area contributed by atoms with Crippen LogP contribution in [0.4, 0.5) is 13.2 Å². The van der Waals surface area contributed by atoms with Crippen LogP contribution in [0, 0.1) is 17.5 Å². The summed E-state index contributed by atoms with van der Waals surface area (Å²) in [4.78, 5) is 4.89. The van der Waals surface area contributed by atoms with Crippen molar-refractivity contribution in [2.24, 2.45) is 0 Å². The lowest BCUT2D eigenvalue weighted by Gasteiger charge is -2.36. The van der Waals surface area contributed by atoms with Gasteiger partial charge in [0.25, 0.3) is 0 Å². The number of hydrogen-bond acceptors (Lipinski definition) is 4. The zero-order valence-electron chi connectivity index (χ0n) is 20.2.